The van der Waals surface area contributed by atoms with E-state index < -0.39 is 5.41 Å². The summed E-state index contributed by atoms with van der Waals surface area (Å²) in [6.07, 6.45) is 1.82. The van der Waals surface area contributed by atoms with Crippen LogP contribution in [0.25, 0.3) is 0 Å². The third-order valence-electron chi connectivity index (χ3n) is 4.10. The summed E-state index contributed by atoms with van der Waals surface area (Å²) in [5.41, 5.74) is 2.00. The van der Waals surface area contributed by atoms with Crippen LogP contribution in [0.5, 0.6) is 0 Å². The Morgan fingerprint density at radius 3 is 2.12 bits per heavy atom. The van der Waals surface area contributed by atoms with E-state index in [1.54, 1.807) is 6.07 Å². The molecule has 0 aliphatic carbocycles. The Bertz CT molecular complexity index is 712. The normalized spacial score (nSPS) is 12.4. The Kier molecular flexibility index (Phi) is 5.73. The predicted molar refractivity (Wildman–Crippen MR) is 101 cm³/mol. The first-order chi connectivity index (χ1) is 11.6. The summed E-state index contributed by atoms with van der Waals surface area (Å²) < 4.78 is 0. The van der Waals surface area contributed by atoms with Crippen molar-refractivity contribution in [3.8, 4) is 0 Å². The van der Waals surface area contributed by atoms with Crippen molar-refractivity contribution in [3.05, 3.63) is 59.7 Å². The van der Waals surface area contributed by atoms with Crippen LogP contribution in [0.2, 0.25) is 0 Å². The van der Waals surface area contributed by atoms with Crippen LogP contribution in [0.15, 0.2) is 42.6 Å². The predicted octanol–water partition coefficient (Wildman–Crippen LogP) is 4.51. The Morgan fingerprint density at radius 2 is 1.56 bits per heavy atom. The number of carbonyl (C=O) groups excluding carboxylic acids is 1. The fraction of sp³-hybridized carbons (Fsp3) is 0.476. The maximum atomic E-state index is 12.5. The number of nitrogens with zero attached hydrogens (tertiary/aromatic N) is 3. The van der Waals surface area contributed by atoms with Gasteiger partial charge in [0.15, 0.2) is 5.78 Å². The SMILES string of the molecule is CC(C)(C)C(=O)c1cccc(CN(Cc2ccccn2)C(C)(C)C)n1. The maximum Gasteiger partial charge on any atom is 0.186 e. The van der Waals surface area contributed by atoms with Crippen molar-refractivity contribution in [1.82, 2.24) is 14.9 Å². The van der Waals surface area contributed by atoms with Crippen LogP contribution in [0.1, 0.15) is 63.4 Å². The van der Waals surface area contributed by atoms with E-state index in [1.165, 1.54) is 0 Å². The molecule has 0 aromatic carbocycles. The maximum absolute atomic E-state index is 12.5. The molecule has 2 rings (SSSR count). The summed E-state index contributed by atoms with van der Waals surface area (Å²) in [4.78, 5) is 23.9. The van der Waals surface area contributed by atoms with E-state index in [-0.39, 0.29) is 11.3 Å². The second kappa shape index (κ2) is 7.44. The van der Waals surface area contributed by atoms with Gasteiger partial charge in [-0.2, -0.15) is 0 Å². The Labute approximate surface area is 151 Å². The van der Waals surface area contributed by atoms with Crippen molar-refractivity contribution in [1.29, 1.82) is 0 Å². The summed E-state index contributed by atoms with van der Waals surface area (Å²) in [7, 11) is 0. The number of ketones is 1. The van der Waals surface area contributed by atoms with Crippen LogP contribution in [0, 0.1) is 5.41 Å². The van der Waals surface area contributed by atoms with Crippen LogP contribution in [0.4, 0.5) is 0 Å². The second-order valence-corrected chi connectivity index (χ2v) is 8.44. The molecule has 2 heterocycles. The monoisotopic (exact) mass is 339 g/mol. The Morgan fingerprint density at radius 1 is 0.920 bits per heavy atom. The molecule has 0 aliphatic rings. The molecule has 0 unspecified atom stereocenters. The molecule has 0 atom stereocenters. The van der Waals surface area contributed by atoms with Crippen molar-refractivity contribution in [2.45, 2.75) is 60.2 Å². The Balaban J connectivity index is 2.23. The molecule has 0 saturated carbocycles. The lowest BCUT2D eigenvalue weighted by molar-refractivity contribution is 0.0851. The summed E-state index contributed by atoms with van der Waals surface area (Å²) in [5, 5.41) is 0. The van der Waals surface area contributed by atoms with E-state index in [4.69, 9.17) is 0 Å². The summed E-state index contributed by atoms with van der Waals surface area (Å²) >= 11 is 0. The van der Waals surface area contributed by atoms with Gasteiger partial charge >= 0.3 is 0 Å². The van der Waals surface area contributed by atoms with E-state index >= 15 is 0 Å². The van der Waals surface area contributed by atoms with E-state index in [0.717, 1.165) is 17.9 Å². The minimum absolute atomic E-state index is 0.0385. The third-order valence-corrected chi connectivity index (χ3v) is 4.10. The van der Waals surface area contributed by atoms with Crippen LogP contribution in [-0.2, 0) is 13.1 Å². The molecule has 0 bridgehead atoms. The molecule has 0 aliphatic heterocycles. The number of hydrogen-bond donors (Lipinski definition) is 0. The van der Waals surface area contributed by atoms with Crippen LogP contribution in [0.3, 0.4) is 0 Å². The highest BCUT2D eigenvalue weighted by Crippen LogP contribution is 2.22. The number of carbonyl (C=O) groups is 1. The molecule has 0 spiro atoms. The summed E-state index contributed by atoms with van der Waals surface area (Å²) in [5.74, 6) is 0.0707. The molecule has 4 heteroatoms. The molecule has 0 amide bonds. The lowest BCUT2D eigenvalue weighted by Gasteiger charge is -2.35. The van der Waals surface area contributed by atoms with Crippen LogP contribution >= 0.6 is 0 Å². The van der Waals surface area contributed by atoms with Gasteiger partial charge in [0.1, 0.15) is 5.69 Å². The minimum atomic E-state index is -0.427. The molecule has 4 nitrogen and oxygen atoms in total. The van der Waals surface area contributed by atoms with Gasteiger partial charge in [-0.1, -0.05) is 32.9 Å². The van der Waals surface area contributed by atoms with Gasteiger partial charge in [0.2, 0.25) is 0 Å². The first-order valence-corrected chi connectivity index (χ1v) is 8.73. The Hall–Kier alpha value is -2.07. The number of hydrogen-bond acceptors (Lipinski definition) is 4. The van der Waals surface area contributed by atoms with Gasteiger partial charge in [0.05, 0.1) is 11.4 Å². The van der Waals surface area contributed by atoms with Gasteiger partial charge in [0, 0.05) is 30.2 Å². The number of Topliss-reactive ketones (excluding diaryl/α,β-unsaturated/α-hetero) is 1. The molecule has 0 saturated heterocycles. The fourth-order valence-electron chi connectivity index (χ4n) is 2.49. The third kappa shape index (κ3) is 5.46. The molecule has 0 radical (unpaired) electrons. The van der Waals surface area contributed by atoms with Crippen molar-refractivity contribution >= 4 is 5.78 Å². The van der Waals surface area contributed by atoms with Gasteiger partial charge in [-0.05, 0) is 45.0 Å². The van der Waals surface area contributed by atoms with Gasteiger partial charge in [-0.15, -0.1) is 0 Å². The summed E-state index contributed by atoms with van der Waals surface area (Å²) in [6.45, 7) is 13.7. The average molecular weight is 339 g/mol. The first-order valence-electron chi connectivity index (χ1n) is 8.73. The van der Waals surface area contributed by atoms with Gasteiger partial charge in [0.25, 0.3) is 0 Å². The molecule has 0 fully saturated rings. The number of aromatic nitrogens is 2. The lowest BCUT2D eigenvalue weighted by Crippen LogP contribution is -2.40. The van der Waals surface area contributed by atoms with Crippen LogP contribution < -0.4 is 0 Å². The fourth-order valence-corrected chi connectivity index (χ4v) is 2.49. The lowest BCUT2D eigenvalue weighted by atomic mass is 9.88. The molecule has 25 heavy (non-hydrogen) atoms. The zero-order valence-corrected chi connectivity index (χ0v) is 16.2. The van der Waals surface area contributed by atoms with Crippen molar-refractivity contribution in [3.63, 3.8) is 0 Å². The van der Waals surface area contributed by atoms with Crippen LogP contribution in [-0.4, -0.2) is 26.2 Å². The number of rotatable bonds is 5. The molecular weight excluding hydrogens is 310 g/mol. The minimum Gasteiger partial charge on any atom is -0.292 e. The largest absolute Gasteiger partial charge is 0.292 e. The molecule has 2 aromatic heterocycles. The number of pyridine rings is 2. The van der Waals surface area contributed by atoms with E-state index in [2.05, 4.69) is 35.6 Å². The quantitative estimate of drug-likeness (QED) is 0.752. The second-order valence-electron chi connectivity index (χ2n) is 8.44. The van der Waals surface area contributed by atoms with Gasteiger partial charge in [-0.25, -0.2) is 4.98 Å². The van der Waals surface area contributed by atoms with E-state index in [9.17, 15) is 4.79 Å². The van der Waals surface area contributed by atoms with Crippen molar-refractivity contribution in [2.75, 3.05) is 0 Å². The highest BCUT2D eigenvalue weighted by Gasteiger charge is 2.26. The topological polar surface area (TPSA) is 46.1 Å². The zero-order chi connectivity index (χ0) is 18.7. The zero-order valence-electron chi connectivity index (χ0n) is 16.2. The highest BCUT2D eigenvalue weighted by atomic mass is 16.1. The highest BCUT2D eigenvalue weighted by molar-refractivity contribution is 5.98. The van der Waals surface area contributed by atoms with E-state index in [1.807, 2.05) is 57.3 Å². The molecule has 134 valence electrons. The molecule has 0 N–H and O–H groups in total. The summed E-state index contributed by atoms with van der Waals surface area (Å²) in [6, 6.07) is 11.7. The molecule has 2 aromatic rings. The molecular formula is C21H29N3O. The smallest absolute Gasteiger partial charge is 0.186 e. The van der Waals surface area contributed by atoms with Gasteiger partial charge < -0.3 is 0 Å². The van der Waals surface area contributed by atoms with Crippen molar-refractivity contribution in [2.24, 2.45) is 5.41 Å². The average Bonchev–Trinajstić information content (AvgIpc) is 2.53. The standard InChI is InChI=1S/C21H29N3O/c1-20(2,3)19(25)18-12-9-11-17(23-18)15-24(21(4,5)6)14-16-10-7-8-13-22-16/h7-13H,14-15H2,1-6H3. The first kappa shape index (κ1) is 19.3. The van der Waals surface area contributed by atoms with Crippen molar-refractivity contribution < 1.29 is 4.79 Å². The van der Waals surface area contributed by atoms with E-state index in [0.29, 0.717) is 12.2 Å². The van der Waals surface area contributed by atoms with Gasteiger partial charge in [-0.3, -0.25) is 14.7 Å².